The molecule has 0 radical (unpaired) electrons. The van der Waals surface area contributed by atoms with E-state index in [2.05, 4.69) is 80.4 Å². The molecular weight excluding hydrogens is 963 g/mol. The molecule has 1 aromatic carbocycles. The Bertz CT molecular complexity index is 2650. The molecule has 18 nitrogen and oxygen atoms in total. The summed E-state index contributed by atoms with van der Waals surface area (Å²) in [4.78, 5) is 61.5. The molecule has 74 heavy (non-hydrogen) atoms. The smallest absolute Gasteiger partial charge is 0.324 e. The van der Waals surface area contributed by atoms with Crippen molar-refractivity contribution in [3.63, 3.8) is 0 Å². The number of piperazine rings is 1. The number of thiazole rings is 1. The van der Waals surface area contributed by atoms with Crippen molar-refractivity contribution in [1.29, 1.82) is 0 Å². The zero-order chi connectivity index (χ0) is 51.1. The van der Waals surface area contributed by atoms with Crippen LogP contribution in [-0.2, 0) is 55.8 Å². The van der Waals surface area contributed by atoms with E-state index in [9.17, 15) is 9.59 Å². The SMILES string of the molecule is CO[C@@H](C)c1ncc(N2CCN(C3CC3)CC2)cc1-c1c2c3cc(ccc3n1CCOC1CCOCC1)-c1csc(n1)[C@@H](N1CCOCC1)[C@H](NC(=O)[C@H]1OC[C@@H]1C)C(=O)N1CCC[C@H](N1)C(=O)OCC(C)(C)C2. The fourth-order valence-electron chi connectivity index (χ4n) is 11.8. The first-order valence-corrected chi connectivity index (χ1v) is 28.1. The Balaban J connectivity index is 1.06. The first kappa shape index (κ1) is 51.5. The van der Waals surface area contributed by atoms with E-state index >= 15 is 4.79 Å². The van der Waals surface area contributed by atoms with Gasteiger partial charge in [0.15, 0.2) is 0 Å². The van der Waals surface area contributed by atoms with Crippen LogP contribution in [-0.4, -0.2) is 177 Å². The number of esters is 1. The van der Waals surface area contributed by atoms with E-state index in [-0.39, 0.29) is 36.5 Å². The van der Waals surface area contributed by atoms with Gasteiger partial charge in [0.25, 0.3) is 5.91 Å². The molecule has 2 amide bonds. The Hall–Kier alpha value is -4.57. The van der Waals surface area contributed by atoms with Crippen LogP contribution < -0.4 is 15.6 Å². The largest absolute Gasteiger partial charge is 0.464 e. The van der Waals surface area contributed by atoms with Gasteiger partial charge in [0.05, 0.1) is 80.3 Å². The summed E-state index contributed by atoms with van der Waals surface area (Å²) in [6.45, 7) is 17.7. The Labute approximate surface area is 438 Å². The number of fused-ring (bicyclic) bond motifs is 6. The second-order valence-corrected chi connectivity index (χ2v) is 23.2. The number of benzene rings is 1. The van der Waals surface area contributed by atoms with Crippen molar-refractivity contribution < 1.29 is 42.8 Å². The maximum atomic E-state index is 15.1. The average molecular weight is 1040 g/mol. The highest BCUT2D eigenvalue weighted by Gasteiger charge is 2.45. The Morgan fingerprint density at radius 1 is 0.973 bits per heavy atom. The van der Waals surface area contributed by atoms with Crippen LogP contribution in [0.5, 0.6) is 0 Å². The molecule has 1 aliphatic carbocycles. The van der Waals surface area contributed by atoms with Gasteiger partial charge in [-0.2, -0.15) is 0 Å². The number of methoxy groups -OCH3 is 1. The molecule has 0 unspecified atom stereocenters. The molecule has 7 aliphatic rings. The quantitative estimate of drug-likeness (QED) is 0.170. The number of cyclic esters (lactones) is 1. The molecule has 3 aromatic heterocycles. The fourth-order valence-corrected chi connectivity index (χ4v) is 12.8. The maximum Gasteiger partial charge on any atom is 0.324 e. The summed E-state index contributed by atoms with van der Waals surface area (Å²) in [6.07, 6.45) is 7.10. The van der Waals surface area contributed by atoms with Crippen molar-refractivity contribution in [2.75, 3.05) is 104 Å². The second kappa shape index (κ2) is 22.2. The van der Waals surface area contributed by atoms with Gasteiger partial charge in [-0.3, -0.25) is 34.2 Å². The average Bonchev–Trinajstić information content (AvgIpc) is 4.09. The lowest BCUT2D eigenvalue weighted by Crippen LogP contribution is -2.64. The summed E-state index contributed by atoms with van der Waals surface area (Å²) in [6, 6.07) is 7.19. The predicted molar refractivity (Wildman–Crippen MR) is 281 cm³/mol. The minimum Gasteiger partial charge on any atom is -0.464 e. The normalized spacial score (nSPS) is 27.1. The van der Waals surface area contributed by atoms with Crippen LogP contribution in [0.1, 0.15) is 94.6 Å². The highest BCUT2D eigenvalue weighted by Crippen LogP contribution is 2.44. The van der Waals surface area contributed by atoms with Gasteiger partial charge in [0.1, 0.15) is 23.2 Å². The van der Waals surface area contributed by atoms with Gasteiger partial charge in [-0.15, -0.1) is 11.3 Å². The van der Waals surface area contributed by atoms with Crippen molar-refractivity contribution in [3.8, 4) is 22.5 Å². The molecule has 6 fully saturated rings. The number of carbonyl (C=O) groups excluding carboxylic acids is 3. The van der Waals surface area contributed by atoms with Crippen LogP contribution in [0.25, 0.3) is 33.4 Å². The number of rotatable bonds is 12. The molecule has 1 saturated carbocycles. The number of ether oxygens (including phenoxy) is 6. The van der Waals surface area contributed by atoms with Crippen LogP contribution >= 0.6 is 11.3 Å². The first-order valence-electron chi connectivity index (χ1n) is 27.2. The summed E-state index contributed by atoms with van der Waals surface area (Å²) < 4.78 is 38.8. The lowest BCUT2D eigenvalue weighted by atomic mass is 9.84. The van der Waals surface area contributed by atoms with E-state index in [0.717, 1.165) is 95.4 Å². The van der Waals surface area contributed by atoms with Gasteiger partial charge < -0.3 is 43.2 Å². The molecule has 6 bridgehead atoms. The second-order valence-electron chi connectivity index (χ2n) is 22.3. The van der Waals surface area contributed by atoms with Crippen molar-refractivity contribution in [3.05, 3.63) is 52.1 Å². The number of morpholine rings is 1. The van der Waals surface area contributed by atoms with Gasteiger partial charge in [0, 0.05) is 117 Å². The highest BCUT2D eigenvalue weighted by molar-refractivity contribution is 7.10. The van der Waals surface area contributed by atoms with E-state index < -0.39 is 35.6 Å². The van der Waals surface area contributed by atoms with Gasteiger partial charge in [-0.05, 0) is 75.6 Å². The third-order valence-electron chi connectivity index (χ3n) is 16.3. The zero-order valence-corrected chi connectivity index (χ0v) is 44.7. The third kappa shape index (κ3) is 10.9. The molecular formula is C55H75N9O9S. The molecule has 9 heterocycles. The van der Waals surface area contributed by atoms with Crippen LogP contribution in [0.15, 0.2) is 35.8 Å². The number of hydrazine groups is 1. The molecule has 0 spiro atoms. The van der Waals surface area contributed by atoms with Crippen LogP contribution in [0.2, 0.25) is 0 Å². The van der Waals surface area contributed by atoms with Gasteiger partial charge in [-0.25, -0.2) is 10.4 Å². The van der Waals surface area contributed by atoms with Gasteiger partial charge in [0.2, 0.25) is 5.91 Å². The number of amides is 2. The standard InChI is InChI=1S/C55H75N9O9S/c1-34-31-72-50(34)51(65)58-47-49(62-19-24-70-25-20-62)52-57-44(32-74-52)36-8-11-45-40(27-36)42(29-55(3,4)33-73-54(67)43-7-6-14-64(59-43)53(47)66)48(63(45)21-26-71-39-12-22-69-23-13-39)41-28-38(30-56-46(41)35(2)68-5)61-17-15-60(16-18-61)37-9-10-37/h8,11,27-28,30,32,34-35,37,39,43,47,49-50,59H,6-7,9-10,12-26,29,31,33H2,1-5H3,(H,58,65)/t34-,35-,43-,47-,49-,50-/m0/s1. The number of pyridine rings is 1. The number of aromatic nitrogens is 3. The minimum absolute atomic E-state index is 0.00627. The summed E-state index contributed by atoms with van der Waals surface area (Å²) in [7, 11) is 1.74. The number of nitrogens with zero attached hydrogens (tertiary/aromatic N) is 7. The molecule has 6 aliphatic heterocycles. The number of anilines is 1. The Morgan fingerprint density at radius 3 is 2.49 bits per heavy atom. The number of nitrogens with one attached hydrogen (secondary N) is 2. The highest BCUT2D eigenvalue weighted by atomic mass is 32.1. The number of carbonyl (C=O) groups is 3. The summed E-state index contributed by atoms with van der Waals surface area (Å²) in [5.74, 6) is -1.11. The molecule has 2 N–H and O–H groups in total. The molecule has 11 rings (SSSR count). The number of hydrogen-bond acceptors (Lipinski definition) is 16. The van der Waals surface area contributed by atoms with Crippen LogP contribution in [0.3, 0.4) is 0 Å². The van der Waals surface area contributed by atoms with E-state index in [1.807, 2.05) is 13.1 Å². The van der Waals surface area contributed by atoms with E-state index in [0.29, 0.717) is 90.1 Å². The van der Waals surface area contributed by atoms with Gasteiger partial charge in [-0.1, -0.05) is 26.8 Å². The molecule has 4 aromatic rings. The third-order valence-corrected chi connectivity index (χ3v) is 17.3. The van der Waals surface area contributed by atoms with Crippen molar-refractivity contribution in [2.45, 2.75) is 122 Å². The molecule has 6 atom stereocenters. The van der Waals surface area contributed by atoms with Crippen molar-refractivity contribution in [1.82, 2.24) is 40.1 Å². The zero-order valence-electron chi connectivity index (χ0n) is 43.9. The molecule has 19 heteroatoms. The first-order chi connectivity index (χ1) is 35.9. The van der Waals surface area contributed by atoms with Crippen LogP contribution in [0.4, 0.5) is 5.69 Å². The van der Waals surface area contributed by atoms with E-state index in [1.54, 1.807) is 7.11 Å². The fraction of sp³-hybridized carbons (Fsp3) is 0.655. The summed E-state index contributed by atoms with van der Waals surface area (Å²) in [5.41, 5.74) is 10.5. The van der Waals surface area contributed by atoms with E-state index in [1.165, 1.54) is 29.2 Å². The maximum absolute atomic E-state index is 15.1. The Kier molecular flexibility index (Phi) is 15.4. The van der Waals surface area contributed by atoms with Crippen molar-refractivity contribution >= 4 is 45.7 Å². The monoisotopic (exact) mass is 1040 g/mol. The number of hydrogen-bond donors (Lipinski definition) is 2. The predicted octanol–water partition coefficient (Wildman–Crippen LogP) is 5.53. The minimum atomic E-state index is -1.06. The van der Waals surface area contributed by atoms with Crippen molar-refractivity contribution in [2.24, 2.45) is 11.3 Å². The van der Waals surface area contributed by atoms with Gasteiger partial charge >= 0.3 is 5.97 Å². The van der Waals surface area contributed by atoms with E-state index in [4.69, 9.17) is 38.4 Å². The Morgan fingerprint density at radius 2 is 1.76 bits per heavy atom. The lowest BCUT2D eigenvalue weighted by molar-refractivity contribution is -0.163. The molecule has 400 valence electrons. The topological polar surface area (TPSA) is 174 Å². The summed E-state index contributed by atoms with van der Waals surface area (Å²) in [5, 5.41) is 8.49. The molecule has 5 saturated heterocycles. The van der Waals surface area contributed by atoms with Crippen LogP contribution in [0, 0.1) is 11.3 Å². The summed E-state index contributed by atoms with van der Waals surface area (Å²) >= 11 is 1.49. The lowest BCUT2D eigenvalue weighted by Gasteiger charge is -2.42.